The van der Waals surface area contributed by atoms with E-state index in [2.05, 4.69) is 22.0 Å². The topological polar surface area (TPSA) is 95.1 Å². The van der Waals surface area contributed by atoms with Gasteiger partial charge in [0.2, 0.25) is 0 Å². The summed E-state index contributed by atoms with van der Waals surface area (Å²) < 4.78 is 11.7. The normalized spacial score (nSPS) is 18.4. The summed E-state index contributed by atoms with van der Waals surface area (Å²) in [7, 11) is 1.72. The molecule has 162 valence electrons. The molecule has 2 aromatic rings. The van der Waals surface area contributed by atoms with Crippen molar-refractivity contribution in [2.75, 3.05) is 39.9 Å². The Morgan fingerprint density at radius 3 is 2.67 bits per heavy atom. The SMILES string of the molecule is COc1ccccc1CN1CCC2(CC1)CN(C(=O)c1cc[nH]c1)CCO2.O=CO. The maximum absolute atomic E-state index is 12.7. The van der Waals surface area contributed by atoms with Gasteiger partial charge in [-0.1, -0.05) is 18.2 Å². The summed E-state index contributed by atoms with van der Waals surface area (Å²) >= 11 is 0. The number of piperidine rings is 1. The van der Waals surface area contributed by atoms with Crippen molar-refractivity contribution in [1.29, 1.82) is 0 Å². The van der Waals surface area contributed by atoms with Crippen LogP contribution in [0.1, 0.15) is 28.8 Å². The molecule has 3 heterocycles. The molecule has 1 aromatic carbocycles. The number of amides is 1. The number of carboxylic acid groups (broad SMARTS) is 1. The number of methoxy groups -OCH3 is 1. The molecule has 4 rings (SSSR count). The number of carbonyl (C=O) groups is 2. The molecule has 1 amide bonds. The maximum atomic E-state index is 12.7. The number of hydrogen-bond acceptors (Lipinski definition) is 5. The van der Waals surface area contributed by atoms with Crippen molar-refractivity contribution in [3.63, 3.8) is 0 Å². The van der Waals surface area contributed by atoms with Crippen molar-refractivity contribution in [2.45, 2.75) is 25.0 Å². The average molecular weight is 415 g/mol. The number of H-pyrrole nitrogens is 1. The third-order valence-electron chi connectivity index (χ3n) is 5.73. The molecule has 0 saturated carbocycles. The van der Waals surface area contributed by atoms with E-state index in [0.717, 1.165) is 43.8 Å². The second kappa shape index (κ2) is 10.3. The molecule has 2 fully saturated rings. The predicted molar refractivity (Wildman–Crippen MR) is 112 cm³/mol. The number of ether oxygens (including phenoxy) is 2. The van der Waals surface area contributed by atoms with E-state index in [9.17, 15) is 4.79 Å². The lowest BCUT2D eigenvalue weighted by Gasteiger charge is -2.47. The van der Waals surface area contributed by atoms with Crippen LogP contribution < -0.4 is 4.74 Å². The third-order valence-corrected chi connectivity index (χ3v) is 5.73. The van der Waals surface area contributed by atoms with Crippen LogP contribution in [0.15, 0.2) is 42.7 Å². The smallest absolute Gasteiger partial charge is 0.290 e. The molecule has 2 saturated heterocycles. The van der Waals surface area contributed by atoms with Crippen molar-refractivity contribution in [1.82, 2.24) is 14.8 Å². The number of rotatable bonds is 4. The zero-order valence-electron chi connectivity index (χ0n) is 17.3. The van der Waals surface area contributed by atoms with E-state index in [4.69, 9.17) is 19.4 Å². The monoisotopic (exact) mass is 415 g/mol. The first-order valence-electron chi connectivity index (χ1n) is 10.1. The third kappa shape index (κ3) is 5.20. The van der Waals surface area contributed by atoms with Crippen molar-refractivity contribution in [2.24, 2.45) is 0 Å². The highest BCUT2D eigenvalue weighted by atomic mass is 16.5. The van der Waals surface area contributed by atoms with Crippen molar-refractivity contribution < 1.29 is 24.2 Å². The standard InChI is InChI=1S/C21H27N3O3.CH2O2/c1-26-19-5-3-2-4-18(19)15-23-10-7-21(8-11-23)16-24(12-13-27-21)20(25)17-6-9-22-14-17;2-1-3/h2-6,9,14,22H,7-8,10-13,15-16H2,1H3;1H,(H,2,3). The van der Waals surface area contributed by atoms with E-state index in [-0.39, 0.29) is 18.0 Å². The minimum absolute atomic E-state index is 0.0929. The van der Waals surface area contributed by atoms with Gasteiger partial charge in [-0.25, -0.2) is 0 Å². The van der Waals surface area contributed by atoms with Gasteiger partial charge in [-0.05, 0) is 25.0 Å². The van der Waals surface area contributed by atoms with E-state index in [1.807, 2.05) is 23.1 Å². The number of nitrogens with one attached hydrogen (secondary N) is 1. The Hall–Kier alpha value is -2.84. The van der Waals surface area contributed by atoms with Gasteiger partial charge < -0.3 is 24.5 Å². The van der Waals surface area contributed by atoms with E-state index < -0.39 is 0 Å². The summed E-state index contributed by atoms with van der Waals surface area (Å²) in [5.41, 5.74) is 1.73. The largest absolute Gasteiger partial charge is 0.496 e. The number of hydrogen-bond donors (Lipinski definition) is 2. The Bertz CT molecular complexity index is 816. The van der Waals surface area contributed by atoms with Gasteiger partial charge in [-0.3, -0.25) is 14.5 Å². The van der Waals surface area contributed by atoms with Crippen LogP contribution in [-0.2, 0) is 16.1 Å². The van der Waals surface area contributed by atoms with Gasteiger partial charge in [0.15, 0.2) is 0 Å². The number of para-hydroxylation sites is 1. The molecule has 30 heavy (non-hydrogen) atoms. The second-order valence-electron chi connectivity index (χ2n) is 7.55. The minimum atomic E-state index is -0.250. The number of morpholine rings is 1. The highest BCUT2D eigenvalue weighted by Crippen LogP contribution is 2.32. The van der Waals surface area contributed by atoms with Crippen LogP contribution in [-0.4, -0.2) is 77.8 Å². The van der Waals surface area contributed by atoms with Gasteiger partial charge in [0.05, 0.1) is 31.4 Å². The summed E-state index contributed by atoms with van der Waals surface area (Å²) in [5, 5.41) is 6.89. The molecule has 8 nitrogen and oxygen atoms in total. The summed E-state index contributed by atoms with van der Waals surface area (Å²) in [5.74, 6) is 1.03. The molecule has 1 spiro atoms. The summed E-state index contributed by atoms with van der Waals surface area (Å²) in [6.07, 6.45) is 5.44. The molecule has 8 heteroatoms. The number of aromatic nitrogens is 1. The number of nitrogens with zero attached hydrogens (tertiary/aromatic N) is 2. The number of likely N-dealkylation sites (tertiary alicyclic amines) is 1. The molecular weight excluding hydrogens is 386 g/mol. The van der Waals surface area contributed by atoms with E-state index in [1.54, 1.807) is 19.5 Å². The molecule has 1 aromatic heterocycles. The van der Waals surface area contributed by atoms with Crippen molar-refractivity contribution >= 4 is 12.4 Å². The van der Waals surface area contributed by atoms with Crippen molar-refractivity contribution in [3.05, 3.63) is 53.9 Å². The van der Waals surface area contributed by atoms with E-state index in [1.165, 1.54) is 5.56 Å². The fourth-order valence-electron chi connectivity index (χ4n) is 4.15. The average Bonchev–Trinajstić information content (AvgIpc) is 3.31. The molecule has 0 bridgehead atoms. The molecule has 0 radical (unpaired) electrons. The molecule has 0 unspecified atom stereocenters. The maximum Gasteiger partial charge on any atom is 0.290 e. The molecule has 2 aliphatic rings. The lowest BCUT2D eigenvalue weighted by Crippen LogP contribution is -2.57. The van der Waals surface area contributed by atoms with Crippen LogP contribution in [0.25, 0.3) is 0 Å². The Kier molecular flexibility index (Phi) is 7.48. The highest BCUT2D eigenvalue weighted by Gasteiger charge is 2.41. The molecule has 0 atom stereocenters. The second-order valence-corrected chi connectivity index (χ2v) is 7.55. The van der Waals surface area contributed by atoms with E-state index >= 15 is 0 Å². The van der Waals surface area contributed by atoms with Gasteiger partial charge in [-0.15, -0.1) is 0 Å². The van der Waals surface area contributed by atoms with Gasteiger partial charge in [0, 0.05) is 44.1 Å². The minimum Gasteiger partial charge on any atom is -0.496 e. The van der Waals surface area contributed by atoms with Crippen LogP contribution in [0.4, 0.5) is 0 Å². The Balaban J connectivity index is 0.000000806. The van der Waals surface area contributed by atoms with Gasteiger partial charge in [-0.2, -0.15) is 0 Å². The van der Waals surface area contributed by atoms with Crippen molar-refractivity contribution in [3.8, 4) is 5.75 Å². The first-order chi connectivity index (χ1) is 14.6. The Morgan fingerprint density at radius 2 is 2.00 bits per heavy atom. The summed E-state index contributed by atoms with van der Waals surface area (Å²) in [6, 6.07) is 10.0. The predicted octanol–water partition coefficient (Wildman–Crippen LogP) is 2.23. The quantitative estimate of drug-likeness (QED) is 0.744. The van der Waals surface area contributed by atoms with Gasteiger partial charge in [0.1, 0.15) is 5.75 Å². The summed E-state index contributed by atoms with van der Waals surface area (Å²) in [4.78, 5) is 28.4. The van der Waals surface area contributed by atoms with Crippen LogP contribution in [0, 0.1) is 0 Å². The first-order valence-corrected chi connectivity index (χ1v) is 10.1. The van der Waals surface area contributed by atoms with Gasteiger partial charge in [0.25, 0.3) is 12.4 Å². The van der Waals surface area contributed by atoms with Crippen LogP contribution >= 0.6 is 0 Å². The molecular formula is C22H29N3O5. The highest BCUT2D eigenvalue weighted by molar-refractivity contribution is 5.94. The Morgan fingerprint density at radius 1 is 1.27 bits per heavy atom. The van der Waals surface area contributed by atoms with Gasteiger partial charge >= 0.3 is 0 Å². The Labute approximate surface area is 176 Å². The zero-order chi connectivity index (χ0) is 21.4. The van der Waals surface area contributed by atoms with Crippen LogP contribution in [0.3, 0.4) is 0 Å². The zero-order valence-corrected chi connectivity index (χ0v) is 17.3. The number of carbonyl (C=O) groups excluding carboxylic acids is 1. The fraction of sp³-hybridized carbons (Fsp3) is 0.455. The first kappa shape index (κ1) is 21.9. The van der Waals surface area contributed by atoms with Crippen LogP contribution in [0.2, 0.25) is 0 Å². The molecule has 0 aliphatic carbocycles. The number of aromatic amines is 1. The summed E-state index contributed by atoms with van der Waals surface area (Å²) in [6.45, 7) is 4.51. The van der Waals surface area contributed by atoms with Crippen LogP contribution in [0.5, 0.6) is 5.75 Å². The lowest BCUT2D eigenvalue weighted by atomic mass is 9.89. The molecule has 2 aliphatic heterocycles. The van der Waals surface area contributed by atoms with E-state index in [0.29, 0.717) is 19.7 Å². The molecule has 2 N–H and O–H groups in total. The fourth-order valence-corrected chi connectivity index (χ4v) is 4.15. The lowest BCUT2D eigenvalue weighted by molar-refractivity contribution is -0.128. The number of benzene rings is 1.